The SMILES string of the molecule is O=C(Nc1ccc(OCc2ccccc2)cc1)c1cccc(N2C(=O)c3ccccc3C2=O)c1. The molecule has 0 unspecified atom stereocenters. The van der Waals surface area contributed by atoms with Crippen LogP contribution in [0, 0.1) is 0 Å². The topological polar surface area (TPSA) is 75.7 Å². The molecule has 0 aliphatic carbocycles. The lowest BCUT2D eigenvalue weighted by Gasteiger charge is -2.15. The van der Waals surface area contributed by atoms with Crippen LogP contribution in [0.25, 0.3) is 0 Å². The van der Waals surface area contributed by atoms with Crippen LogP contribution in [-0.2, 0) is 6.61 Å². The van der Waals surface area contributed by atoms with Crippen molar-refractivity contribution in [3.8, 4) is 5.75 Å². The number of carbonyl (C=O) groups is 3. The molecule has 0 atom stereocenters. The van der Waals surface area contributed by atoms with Gasteiger partial charge in [0.15, 0.2) is 0 Å². The van der Waals surface area contributed by atoms with E-state index in [0.717, 1.165) is 10.5 Å². The third-order valence-corrected chi connectivity index (χ3v) is 5.52. The molecule has 4 aromatic carbocycles. The Morgan fingerprint density at radius 3 is 2.06 bits per heavy atom. The summed E-state index contributed by atoms with van der Waals surface area (Å²) in [5.41, 5.74) is 3.07. The number of fused-ring (bicyclic) bond motifs is 1. The van der Waals surface area contributed by atoms with Gasteiger partial charge in [-0.3, -0.25) is 14.4 Å². The molecule has 166 valence electrons. The van der Waals surface area contributed by atoms with Crippen LogP contribution in [0.1, 0.15) is 36.6 Å². The molecular formula is C28H20N2O4. The molecule has 0 spiro atoms. The third-order valence-electron chi connectivity index (χ3n) is 5.52. The zero-order chi connectivity index (χ0) is 23.5. The fraction of sp³-hybridized carbons (Fsp3) is 0.0357. The van der Waals surface area contributed by atoms with Gasteiger partial charge in [0.05, 0.1) is 16.8 Å². The zero-order valence-electron chi connectivity index (χ0n) is 18.1. The van der Waals surface area contributed by atoms with Gasteiger partial charge in [-0.15, -0.1) is 0 Å². The maximum Gasteiger partial charge on any atom is 0.266 e. The largest absolute Gasteiger partial charge is 0.489 e. The molecule has 6 heteroatoms. The van der Waals surface area contributed by atoms with Gasteiger partial charge in [-0.1, -0.05) is 48.5 Å². The Morgan fingerprint density at radius 1 is 0.735 bits per heavy atom. The molecule has 0 bridgehead atoms. The van der Waals surface area contributed by atoms with Gasteiger partial charge < -0.3 is 10.1 Å². The van der Waals surface area contributed by atoms with E-state index in [4.69, 9.17) is 4.74 Å². The summed E-state index contributed by atoms with van der Waals surface area (Å²) in [7, 11) is 0. The minimum atomic E-state index is -0.399. The third kappa shape index (κ3) is 4.17. The summed E-state index contributed by atoms with van der Waals surface area (Å²) >= 11 is 0. The number of anilines is 2. The van der Waals surface area contributed by atoms with E-state index >= 15 is 0 Å². The maximum absolute atomic E-state index is 12.8. The van der Waals surface area contributed by atoms with Crippen LogP contribution in [0.3, 0.4) is 0 Å². The fourth-order valence-corrected chi connectivity index (χ4v) is 3.79. The molecule has 1 heterocycles. The summed E-state index contributed by atoms with van der Waals surface area (Å²) in [5, 5.41) is 2.83. The maximum atomic E-state index is 12.8. The molecule has 4 aromatic rings. The number of amides is 3. The van der Waals surface area contributed by atoms with Crippen LogP contribution in [0.4, 0.5) is 11.4 Å². The van der Waals surface area contributed by atoms with E-state index in [1.54, 1.807) is 66.7 Å². The van der Waals surface area contributed by atoms with E-state index in [1.165, 1.54) is 6.07 Å². The second-order valence-corrected chi connectivity index (χ2v) is 7.79. The highest BCUT2D eigenvalue weighted by molar-refractivity contribution is 6.34. The number of hydrogen-bond acceptors (Lipinski definition) is 4. The first-order chi connectivity index (χ1) is 16.6. The molecule has 1 aliphatic rings. The number of imide groups is 1. The molecule has 0 fully saturated rings. The predicted octanol–water partition coefficient (Wildman–Crippen LogP) is 5.32. The molecule has 5 rings (SSSR count). The van der Waals surface area contributed by atoms with Crippen LogP contribution in [-0.4, -0.2) is 17.7 Å². The van der Waals surface area contributed by atoms with Crippen LogP contribution in [0.5, 0.6) is 5.75 Å². The fourth-order valence-electron chi connectivity index (χ4n) is 3.79. The second-order valence-electron chi connectivity index (χ2n) is 7.79. The Bertz CT molecular complexity index is 1350. The van der Waals surface area contributed by atoms with E-state index in [0.29, 0.717) is 40.4 Å². The highest BCUT2D eigenvalue weighted by Crippen LogP contribution is 2.29. The van der Waals surface area contributed by atoms with Crippen molar-refractivity contribution in [1.82, 2.24) is 0 Å². The number of nitrogens with one attached hydrogen (secondary N) is 1. The highest BCUT2D eigenvalue weighted by Gasteiger charge is 2.36. The monoisotopic (exact) mass is 448 g/mol. The molecule has 6 nitrogen and oxygen atoms in total. The van der Waals surface area contributed by atoms with Crippen molar-refractivity contribution in [2.24, 2.45) is 0 Å². The van der Waals surface area contributed by atoms with Gasteiger partial charge in [0.2, 0.25) is 0 Å². The van der Waals surface area contributed by atoms with Gasteiger partial charge in [-0.2, -0.15) is 0 Å². The first-order valence-electron chi connectivity index (χ1n) is 10.8. The first kappa shape index (κ1) is 21.2. The summed E-state index contributed by atoms with van der Waals surface area (Å²) in [6.45, 7) is 0.456. The zero-order valence-corrected chi connectivity index (χ0v) is 18.1. The van der Waals surface area contributed by atoms with Crippen LogP contribution in [0.15, 0.2) is 103 Å². The number of benzene rings is 4. The molecular weight excluding hydrogens is 428 g/mol. The Balaban J connectivity index is 1.27. The summed E-state index contributed by atoms with van der Waals surface area (Å²) < 4.78 is 5.77. The van der Waals surface area contributed by atoms with Crippen molar-refractivity contribution in [3.05, 3.63) is 125 Å². The number of hydrogen-bond donors (Lipinski definition) is 1. The minimum Gasteiger partial charge on any atom is -0.489 e. The van der Waals surface area contributed by atoms with Crippen molar-refractivity contribution in [2.45, 2.75) is 6.61 Å². The lowest BCUT2D eigenvalue weighted by molar-refractivity contribution is 0.0924. The first-order valence-corrected chi connectivity index (χ1v) is 10.8. The Hall–Kier alpha value is -4.71. The molecule has 0 saturated heterocycles. The number of nitrogens with zero attached hydrogens (tertiary/aromatic N) is 1. The van der Waals surface area contributed by atoms with E-state index in [9.17, 15) is 14.4 Å². The number of ether oxygens (including phenoxy) is 1. The average Bonchev–Trinajstić information content (AvgIpc) is 3.14. The predicted molar refractivity (Wildman–Crippen MR) is 129 cm³/mol. The van der Waals surface area contributed by atoms with Gasteiger partial charge in [0, 0.05) is 11.3 Å². The van der Waals surface area contributed by atoms with Gasteiger partial charge in [0.1, 0.15) is 12.4 Å². The van der Waals surface area contributed by atoms with Gasteiger partial charge >= 0.3 is 0 Å². The standard InChI is InChI=1S/C28H20N2O4/c31-26(29-21-13-15-23(16-14-21)34-18-19-7-2-1-3-8-19)20-9-6-10-22(17-20)30-27(32)24-11-4-5-12-25(24)28(30)33/h1-17H,18H2,(H,29,31). The van der Waals surface area contributed by atoms with Gasteiger partial charge in [0.25, 0.3) is 17.7 Å². The quantitative estimate of drug-likeness (QED) is 0.405. The van der Waals surface area contributed by atoms with E-state index < -0.39 is 11.8 Å². The molecule has 0 aromatic heterocycles. The lowest BCUT2D eigenvalue weighted by Crippen LogP contribution is -2.29. The Morgan fingerprint density at radius 2 is 1.38 bits per heavy atom. The normalized spacial score (nSPS) is 12.4. The summed E-state index contributed by atoms with van der Waals surface area (Å²) in [4.78, 5) is 39.4. The molecule has 0 radical (unpaired) electrons. The summed E-state index contributed by atoms with van der Waals surface area (Å²) in [6, 6.07) is 30.1. The minimum absolute atomic E-state index is 0.332. The highest BCUT2D eigenvalue weighted by atomic mass is 16.5. The van der Waals surface area contributed by atoms with Crippen molar-refractivity contribution < 1.29 is 19.1 Å². The van der Waals surface area contributed by atoms with Crippen molar-refractivity contribution in [1.29, 1.82) is 0 Å². The second kappa shape index (κ2) is 9.03. The summed E-state index contributed by atoms with van der Waals surface area (Å²) in [5.74, 6) is -0.459. The average molecular weight is 448 g/mol. The van der Waals surface area contributed by atoms with Crippen LogP contribution >= 0.6 is 0 Å². The molecule has 1 N–H and O–H groups in total. The smallest absolute Gasteiger partial charge is 0.266 e. The van der Waals surface area contributed by atoms with Crippen molar-refractivity contribution in [3.63, 3.8) is 0 Å². The van der Waals surface area contributed by atoms with Crippen molar-refractivity contribution >= 4 is 29.1 Å². The molecule has 1 aliphatic heterocycles. The van der Waals surface area contributed by atoms with Crippen LogP contribution < -0.4 is 15.0 Å². The van der Waals surface area contributed by atoms with E-state index in [2.05, 4.69) is 5.32 Å². The Kier molecular flexibility index (Phi) is 5.62. The van der Waals surface area contributed by atoms with E-state index in [-0.39, 0.29) is 5.91 Å². The summed E-state index contributed by atoms with van der Waals surface area (Å²) in [6.07, 6.45) is 0. The Labute approximate surface area is 196 Å². The van der Waals surface area contributed by atoms with Gasteiger partial charge in [-0.05, 0) is 60.2 Å². The van der Waals surface area contributed by atoms with Crippen LogP contribution in [0.2, 0.25) is 0 Å². The van der Waals surface area contributed by atoms with Gasteiger partial charge in [-0.25, -0.2) is 4.90 Å². The van der Waals surface area contributed by atoms with Crippen molar-refractivity contribution in [2.75, 3.05) is 10.2 Å². The molecule has 0 saturated carbocycles. The number of rotatable bonds is 6. The molecule has 3 amide bonds. The van der Waals surface area contributed by atoms with E-state index in [1.807, 2.05) is 30.3 Å². The number of carbonyl (C=O) groups excluding carboxylic acids is 3. The lowest BCUT2D eigenvalue weighted by atomic mass is 10.1. The molecule has 34 heavy (non-hydrogen) atoms.